The minimum absolute atomic E-state index is 0.204. The van der Waals surface area contributed by atoms with Crippen LogP contribution in [-0.2, 0) is 0 Å². The average molecular weight is 236 g/mol. The quantitative estimate of drug-likeness (QED) is 0.802. The third-order valence-corrected chi connectivity index (χ3v) is 3.42. The highest BCUT2D eigenvalue weighted by Gasteiger charge is 2.23. The fourth-order valence-corrected chi connectivity index (χ4v) is 2.33. The van der Waals surface area contributed by atoms with E-state index in [2.05, 4.69) is 17.2 Å². The van der Waals surface area contributed by atoms with E-state index in [-0.39, 0.29) is 11.9 Å². The third-order valence-electron chi connectivity index (χ3n) is 3.42. The van der Waals surface area contributed by atoms with Gasteiger partial charge in [-0.2, -0.15) is 4.39 Å². The van der Waals surface area contributed by atoms with Crippen LogP contribution in [0.2, 0.25) is 0 Å². The summed E-state index contributed by atoms with van der Waals surface area (Å²) < 4.78 is 12.9. The van der Waals surface area contributed by atoms with Crippen molar-refractivity contribution in [2.45, 2.75) is 38.6 Å². The number of halogens is 1. The Labute approximate surface area is 100 Å². The summed E-state index contributed by atoms with van der Waals surface area (Å²) in [5, 5.41) is 2.98. The molecular weight excluding hydrogens is 219 g/mol. The van der Waals surface area contributed by atoms with Crippen molar-refractivity contribution >= 4 is 5.91 Å². The minimum atomic E-state index is -0.616. The lowest BCUT2D eigenvalue weighted by Gasteiger charge is -2.29. The number of nitrogens with one attached hydrogen (secondary N) is 1. The van der Waals surface area contributed by atoms with Gasteiger partial charge in [0.2, 0.25) is 5.95 Å². The van der Waals surface area contributed by atoms with Crippen molar-refractivity contribution in [2.24, 2.45) is 5.92 Å². The first-order chi connectivity index (χ1) is 8.16. The van der Waals surface area contributed by atoms with Crippen LogP contribution in [0.4, 0.5) is 4.39 Å². The molecule has 92 valence electrons. The Morgan fingerprint density at radius 1 is 1.47 bits per heavy atom. The molecule has 3 nitrogen and oxygen atoms in total. The first-order valence-electron chi connectivity index (χ1n) is 6.09. The van der Waals surface area contributed by atoms with E-state index < -0.39 is 5.95 Å². The molecule has 0 radical (unpaired) electrons. The largest absolute Gasteiger partial charge is 0.349 e. The SMILES string of the molecule is CC1CCCCC1NC(=O)c1ccnc(F)c1. The van der Waals surface area contributed by atoms with Crippen LogP contribution in [0.25, 0.3) is 0 Å². The lowest BCUT2D eigenvalue weighted by Crippen LogP contribution is -2.41. The van der Waals surface area contributed by atoms with E-state index in [0.717, 1.165) is 19.3 Å². The monoisotopic (exact) mass is 236 g/mol. The van der Waals surface area contributed by atoms with Crippen LogP contribution in [0.5, 0.6) is 0 Å². The number of carbonyl (C=O) groups excluding carboxylic acids is 1. The Morgan fingerprint density at radius 2 is 2.24 bits per heavy atom. The molecule has 1 aromatic heterocycles. The molecule has 2 rings (SSSR count). The van der Waals surface area contributed by atoms with Crippen molar-refractivity contribution in [3.63, 3.8) is 0 Å². The second-order valence-corrected chi connectivity index (χ2v) is 4.71. The van der Waals surface area contributed by atoms with Gasteiger partial charge in [-0.3, -0.25) is 4.79 Å². The molecule has 0 saturated heterocycles. The van der Waals surface area contributed by atoms with E-state index in [1.54, 1.807) is 0 Å². The topological polar surface area (TPSA) is 42.0 Å². The van der Waals surface area contributed by atoms with Gasteiger partial charge in [-0.25, -0.2) is 4.98 Å². The molecule has 4 heteroatoms. The Kier molecular flexibility index (Phi) is 3.71. The van der Waals surface area contributed by atoms with Crippen molar-refractivity contribution in [3.8, 4) is 0 Å². The van der Waals surface area contributed by atoms with Crippen LogP contribution in [-0.4, -0.2) is 16.9 Å². The molecule has 0 spiro atoms. The molecule has 1 aliphatic rings. The summed E-state index contributed by atoms with van der Waals surface area (Å²) in [7, 11) is 0. The summed E-state index contributed by atoms with van der Waals surface area (Å²) >= 11 is 0. The Hall–Kier alpha value is -1.45. The number of carbonyl (C=O) groups is 1. The third kappa shape index (κ3) is 3.02. The van der Waals surface area contributed by atoms with E-state index in [4.69, 9.17) is 0 Å². The van der Waals surface area contributed by atoms with Crippen molar-refractivity contribution in [2.75, 3.05) is 0 Å². The van der Waals surface area contributed by atoms with Crippen molar-refractivity contribution < 1.29 is 9.18 Å². The molecule has 1 amide bonds. The van der Waals surface area contributed by atoms with Crippen LogP contribution in [0, 0.1) is 11.9 Å². The summed E-state index contributed by atoms with van der Waals surface area (Å²) in [4.78, 5) is 15.3. The number of pyridine rings is 1. The highest BCUT2D eigenvalue weighted by molar-refractivity contribution is 5.94. The van der Waals surface area contributed by atoms with Gasteiger partial charge in [0.05, 0.1) is 0 Å². The zero-order valence-electron chi connectivity index (χ0n) is 9.95. The van der Waals surface area contributed by atoms with E-state index >= 15 is 0 Å². The summed E-state index contributed by atoms with van der Waals surface area (Å²) in [5.41, 5.74) is 0.343. The highest BCUT2D eigenvalue weighted by Crippen LogP contribution is 2.23. The summed E-state index contributed by atoms with van der Waals surface area (Å²) in [6.45, 7) is 2.15. The molecule has 17 heavy (non-hydrogen) atoms. The van der Waals surface area contributed by atoms with E-state index in [0.29, 0.717) is 11.5 Å². The van der Waals surface area contributed by atoms with Crippen LogP contribution < -0.4 is 5.32 Å². The van der Waals surface area contributed by atoms with Gasteiger partial charge in [-0.05, 0) is 24.8 Å². The smallest absolute Gasteiger partial charge is 0.251 e. The maximum Gasteiger partial charge on any atom is 0.251 e. The number of hydrogen-bond donors (Lipinski definition) is 1. The predicted octanol–water partition coefficient (Wildman–Crippen LogP) is 2.53. The van der Waals surface area contributed by atoms with Crippen molar-refractivity contribution in [1.82, 2.24) is 10.3 Å². The van der Waals surface area contributed by atoms with E-state index in [1.165, 1.54) is 24.8 Å². The average Bonchev–Trinajstić information content (AvgIpc) is 2.32. The maximum atomic E-state index is 12.9. The summed E-state index contributed by atoms with van der Waals surface area (Å²) in [6, 6.07) is 2.92. The van der Waals surface area contributed by atoms with Crippen molar-refractivity contribution in [1.29, 1.82) is 0 Å². The van der Waals surface area contributed by atoms with Crippen LogP contribution >= 0.6 is 0 Å². The number of rotatable bonds is 2. The van der Waals surface area contributed by atoms with Gasteiger partial charge in [0.1, 0.15) is 0 Å². The predicted molar refractivity (Wildman–Crippen MR) is 63.1 cm³/mol. The molecule has 0 bridgehead atoms. The molecule has 2 unspecified atom stereocenters. The first kappa shape index (κ1) is 12.0. The van der Waals surface area contributed by atoms with Crippen LogP contribution in [0.3, 0.4) is 0 Å². The number of nitrogens with zero attached hydrogens (tertiary/aromatic N) is 1. The van der Waals surface area contributed by atoms with Gasteiger partial charge in [0, 0.05) is 23.9 Å². The zero-order chi connectivity index (χ0) is 12.3. The van der Waals surface area contributed by atoms with Crippen molar-refractivity contribution in [3.05, 3.63) is 29.8 Å². The Bertz CT molecular complexity index is 408. The normalized spacial score (nSPS) is 24.4. The molecule has 1 aliphatic carbocycles. The second-order valence-electron chi connectivity index (χ2n) is 4.71. The molecular formula is C13H17FN2O. The van der Waals surface area contributed by atoms with Crippen LogP contribution in [0.1, 0.15) is 43.0 Å². The molecule has 1 fully saturated rings. The number of amides is 1. The lowest BCUT2D eigenvalue weighted by molar-refractivity contribution is 0.0909. The fraction of sp³-hybridized carbons (Fsp3) is 0.538. The highest BCUT2D eigenvalue weighted by atomic mass is 19.1. The van der Waals surface area contributed by atoms with E-state index in [9.17, 15) is 9.18 Å². The summed E-state index contributed by atoms with van der Waals surface area (Å²) in [6.07, 6.45) is 5.86. The molecule has 1 heterocycles. The first-order valence-corrected chi connectivity index (χ1v) is 6.09. The molecule has 1 N–H and O–H groups in total. The zero-order valence-corrected chi connectivity index (χ0v) is 9.95. The van der Waals surface area contributed by atoms with Crippen LogP contribution in [0.15, 0.2) is 18.3 Å². The summed E-state index contributed by atoms with van der Waals surface area (Å²) in [5.74, 6) is -0.321. The van der Waals surface area contributed by atoms with Gasteiger partial charge >= 0.3 is 0 Å². The van der Waals surface area contributed by atoms with Gasteiger partial charge < -0.3 is 5.32 Å². The molecule has 1 aromatic rings. The molecule has 1 saturated carbocycles. The minimum Gasteiger partial charge on any atom is -0.349 e. The maximum absolute atomic E-state index is 12.9. The molecule has 0 aromatic carbocycles. The lowest BCUT2D eigenvalue weighted by atomic mass is 9.86. The van der Waals surface area contributed by atoms with Gasteiger partial charge in [0.25, 0.3) is 5.91 Å². The fourth-order valence-electron chi connectivity index (χ4n) is 2.33. The molecule has 2 atom stereocenters. The second kappa shape index (κ2) is 5.25. The number of aromatic nitrogens is 1. The number of hydrogen-bond acceptors (Lipinski definition) is 2. The standard InChI is InChI=1S/C13H17FN2O/c1-9-4-2-3-5-11(9)16-13(17)10-6-7-15-12(14)8-10/h6-9,11H,2-5H2,1H3,(H,16,17). The Morgan fingerprint density at radius 3 is 2.94 bits per heavy atom. The Balaban J connectivity index is 2.01. The van der Waals surface area contributed by atoms with Gasteiger partial charge in [0.15, 0.2) is 0 Å². The van der Waals surface area contributed by atoms with E-state index in [1.807, 2.05) is 0 Å². The molecule has 0 aliphatic heterocycles. The van der Waals surface area contributed by atoms with Gasteiger partial charge in [-0.1, -0.05) is 19.8 Å². The van der Waals surface area contributed by atoms with Gasteiger partial charge in [-0.15, -0.1) is 0 Å².